The third-order valence-electron chi connectivity index (χ3n) is 6.63. The van der Waals surface area contributed by atoms with Crippen LogP contribution >= 0.6 is 0 Å². The van der Waals surface area contributed by atoms with Crippen LogP contribution in [0.3, 0.4) is 0 Å². The maximum Gasteiger partial charge on any atom is 0.317 e. The first kappa shape index (κ1) is 15.8. The van der Waals surface area contributed by atoms with E-state index in [0.29, 0.717) is 18.5 Å². The lowest BCUT2D eigenvalue weighted by atomic mass is 9.52. The summed E-state index contributed by atoms with van der Waals surface area (Å²) in [4.78, 5) is 14.7. The number of hydrogen-bond acceptors (Lipinski definition) is 2. The fourth-order valence-corrected chi connectivity index (χ4v) is 5.62. The molecule has 1 saturated carbocycles. The maximum absolute atomic E-state index is 12.6. The zero-order valence-corrected chi connectivity index (χ0v) is 14.8. The lowest BCUT2D eigenvalue weighted by Crippen LogP contribution is -2.63. The summed E-state index contributed by atoms with van der Waals surface area (Å²) in [5, 5.41) is 3.02. The number of rotatable bonds is 2. The zero-order valence-electron chi connectivity index (χ0n) is 14.8. The number of carbonyl (C=O) groups is 1. The molecule has 0 spiro atoms. The average Bonchev–Trinajstić information content (AvgIpc) is 2.61. The van der Waals surface area contributed by atoms with Crippen molar-refractivity contribution in [2.45, 2.75) is 56.9 Å². The number of nitrogens with zero attached hydrogens (tertiary/aromatic N) is 1. The number of methoxy groups -OCH3 is 1. The van der Waals surface area contributed by atoms with Gasteiger partial charge in [0.1, 0.15) is 5.75 Å². The van der Waals surface area contributed by atoms with Gasteiger partial charge in [0.05, 0.1) is 7.11 Å². The highest BCUT2D eigenvalue weighted by Crippen LogP contribution is 2.56. The molecule has 1 saturated heterocycles. The lowest BCUT2D eigenvalue weighted by Gasteiger charge is -2.58. The molecule has 1 heterocycles. The van der Waals surface area contributed by atoms with Gasteiger partial charge in [0, 0.05) is 24.5 Å². The number of nitrogens with one attached hydrogen (secondary N) is 1. The minimum atomic E-state index is 0.124. The molecular weight excluding hydrogens is 300 g/mol. The molecule has 2 amide bonds. The summed E-state index contributed by atoms with van der Waals surface area (Å²) in [6, 6.07) is 7.07. The molecule has 2 bridgehead atoms. The molecule has 0 radical (unpaired) electrons. The second-order valence-corrected chi connectivity index (χ2v) is 7.58. The predicted molar refractivity (Wildman–Crippen MR) is 94.5 cm³/mol. The van der Waals surface area contributed by atoms with Crippen LogP contribution in [0.25, 0.3) is 0 Å². The molecule has 2 fully saturated rings. The molecular formula is C20H28N2O2. The highest BCUT2D eigenvalue weighted by atomic mass is 16.5. The molecule has 1 aromatic rings. The molecule has 3 aliphatic rings. The number of fused-ring (bicyclic) bond motifs is 1. The summed E-state index contributed by atoms with van der Waals surface area (Å²) in [5.74, 6) is 1.57. The van der Waals surface area contributed by atoms with Crippen molar-refractivity contribution in [3.8, 4) is 5.75 Å². The van der Waals surface area contributed by atoms with Crippen LogP contribution in [0.15, 0.2) is 18.2 Å². The molecule has 1 aromatic carbocycles. The molecule has 3 atom stereocenters. The average molecular weight is 328 g/mol. The summed E-state index contributed by atoms with van der Waals surface area (Å²) < 4.78 is 5.51. The first-order chi connectivity index (χ1) is 11.7. The Bertz CT molecular complexity index is 645. The van der Waals surface area contributed by atoms with Crippen LogP contribution in [0.2, 0.25) is 0 Å². The van der Waals surface area contributed by atoms with Crippen molar-refractivity contribution in [2.75, 3.05) is 20.2 Å². The van der Waals surface area contributed by atoms with E-state index in [1.807, 2.05) is 6.92 Å². The number of ether oxygens (including phenoxy) is 1. The summed E-state index contributed by atoms with van der Waals surface area (Å²) >= 11 is 0. The van der Waals surface area contributed by atoms with Crippen LogP contribution in [-0.4, -0.2) is 37.2 Å². The van der Waals surface area contributed by atoms with Crippen LogP contribution in [0.5, 0.6) is 5.75 Å². The van der Waals surface area contributed by atoms with Crippen LogP contribution < -0.4 is 10.1 Å². The Morgan fingerprint density at radius 3 is 3.04 bits per heavy atom. The van der Waals surface area contributed by atoms with Gasteiger partial charge in [-0.3, -0.25) is 0 Å². The van der Waals surface area contributed by atoms with E-state index < -0.39 is 0 Å². The van der Waals surface area contributed by atoms with E-state index in [4.69, 9.17) is 4.74 Å². The standard InChI is InChI=1S/C20H28N2O2/c1-3-21-19(23)22-11-10-20-9-5-4-6-16(20)18(22)12-14-7-8-15(24-2)13-17(14)20/h7-8,13,16,18H,3-6,9-12H2,1-2H3,(H,21,23)/t16-,18+,20+/m1/s1. The van der Waals surface area contributed by atoms with Gasteiger partial charge < -0.3 is 15.0 Å². The number of hydrogen-bond donors (Lipinski definition) is 1. The van der Waals surface area contributed by atoms with E-state index in [0.717, 1.165) is 25.1 Å². The minimum Gasteiger partial charge on any atom is -0.497 e. The summed E-state index contributed by atoms with van der Waals surface area (Å²) in [5.41, 5.74) is 3.19. The normalized spacial score (nSPS) is 31.0. The Kier molecular flexibility index (Phi) is 3.93. The first-order valence-corrected chi connectivity index (χ1v) is 9.41. The van der Waals surface area contributed by atoms with E-state index >= 15 is 0 Å². The molecule has 1 N–H and O–H groups in total. The first-order valence-electron chi connectivity index (χ1n) is 9.41. The second kappa shape index (κ2) is 5.98. The van der Waals surface area contributed by atoms with Gasteiger partial charge in [-0.25, -0.2) is 4.79 Å². The minimum absolute atomic E-state index is 0.124. The van der Waals surface area contributed by atoms with E-state index in [1.165, 1.54) is 36.8 Å². The number of carbonyl (C=O) groups excluding carboxylic acids is 1. The topological polar surface area (TPSA) is 41.6 Å². The Hall–Kier alpha value is -1.71. The summed E-state index contributed by atoms with van der Waals surface area (Å²) in [7, 11) is 1.75. The van der Waals surface area contributed by atoms with Crippen molar-refractivity contribution in [1.29, 1.82) is 0 Å². The van der Waals surface area contributed by atoms with Gasteiger partial charge in [-0.2, -0.15) is 0 Å². The molecule has 0 aromatic heterocycles. The fourth-order valence-electron chi connectivity index (χ4n) is 5.62. The predicted octanol–water partition coefficient (Wildman–Crippen LogP) is 3.48. The highest BCUT2D eigenvalue weighted by Gasteiger charge is 2.54. The molecule has 2 aliphatic carbocycles. The quantitative estimate of drug-likeness (QED) is 0.903. The van der Waals surface area contributed by atoms with Crippen molar-refractivity contribution in [1.82, 2.24) is 10.2 Å². The van der Waals surface area contributed by atoms with Gasteiger partial charge >= 0.3 is 6.03 Å². The number of piperidine rings is 1. The number of benzene rings is 1. The Morgan fingerprint density at radius 2 is 2.25 bits per heavy atom. The zero-order chi connectivity index (χ0) is 16.7. The van der Waals surface area contributed by atoms with Crippen LogP contribution in [0.1, 0.15) is 50.2 Å². The molecule has 130 valence electrons. The lowest BCUT2D eigenvalue weighted by molar-refractivity contribution is 0.0101. The molecule has 4 nitrogen and oxygen atoms in total. The fraction of sp³-hybridized carbons (Fsp3) is 0.650. The van der Waals surface area contributed by atoms with Gasteiger partial charge in [-0.15, -0.1) is 0 Å². The van der Waals surface area contributed by atoms with Gasteiger partial charge in [-0.05, 0) is 61.8 Å². The van der Waals surface area contributed by atoms with Crippen molar-refractivity contribution >= 4 is 6.03 Å². The summed E-state index contributed by atoms with van der Waals surface area (Å²) in [6.45, 7) is 3.57. The van der Waals surface area contributed by atoms with E-state index in [9.17, 15) is 4.79 Å². The van der Waals surface area contributed by atoms with Crippen LogP contribution in [0, 0.1) is 5.92 Å². The number of amides is 2. The molecule has 24 heavy (non-hydrogen) atoms. The highest BCUT2D eigenvalue weighted by molar-refractivity contribution is 5.75. The second-order valence-electron chi connectivity index (χ2n) is 7.58. The van der Waals surface area contributed by atoms with E-state index in [2.05, 4.69) is 28.4 Å². The third-order valence-corrected chi connectivity index (χ3v) is 6.63. The van der Waals surface area contributed by atoms with E-state index in [1.54, 1.807) is 7.11 Å². The monoisotopic (exact) mass is 328 g/mol. The Labute approximate surface area is 144 Å². The van der Waals surface area contributed by atoms with Gasteiger partial charge in [0.25, 0.3) is 0 Å². The molecule has 1 aliphatic heterocycles. The largest absolute Gasteiger partial charge is 0.497 e. The van der Waals surface area contributed by atoms with Crippen molar-refractivity contribution in [3.63, 3.8) is 0 Å². The van der Waals surface area contributed by atoms with Crippen LogP contribution in [0.4, 0.5) is 4.79 Å². The number of urea groups is 1. The van der Waals surface area contributed by atoms with Crippen molar-refractivity contribution in [3.05, 3.63) is 29.3 Å². The summed E-state index contributed by atoms with van der Waals surface area (Å²) in [6.07, 6.45) is 7.19. The van der Waals surface area contributed by atoms with Crippen molar-refractivity contribution < 1.29 is 9.53 Å². The molecule has 0 unspecified atom stereocenters. The van der Waals surface area contributed by atoms with Crippen LogP contribution in [-0.2, 0) is 11.8 Å². The molecule has 4 rings (SSSR count). The maximum atomic E-state index is 12.6. The van der Waals surface area contributed by atoms with Gasteiger partial charge in [0.15, 0.2) is 0 Å². The van der Waals surface area contributed by atoms with E-state index in [-0.39, 0.29) is 11.4 Å². The van der Waals surface area contributed by atoms with Crippen molar-refractivity contribution in [2.24, 2.45) is 5.92 Å². The SMILES string of the molecule is CCNC(=O)N1CC[C@@]23CCCC[C@@H]2[C@@H]1Cc1ccc(OC)cc13. The smallest absolute Gasteiger partial charge is 0.317 e. The molecule has 4 heteroatoms. The Balaban J connectivity index is 1.77. The van der Waals surface area contributed by atoms with Gasteiger partial charge in [-0.1, -0.05) is 18.9 Å². The van der Waals surface area contributed by atoms with Gasteiger partial charge in [0.2, 0.25) is 0 Å². The number of likely N-dealkylation sites (tertiary alicyclic amines) is 1. The third kappa shape index (κ3) is 2.22. The Morgan fingerprint density at radius 1 is 1.38 bits per heavy atom.